The number of halogens is 1. The Morgan fingerprint density at radius 3 is 2.65 bits per heavy atom. The smallest absolute Gasteiger partial charge is 0.258 e. The Hall–Kier alpha value is -2.02. The molecule has 1 aliphatic rings. The monoisotopic (exact) mass is 463 g/mol. The second-order valence-electron chi connectivity index (χ2n) is 6.00. The fraction of sp³-hybridized carbons (Fsp3) is 0.286. The number of fused-ring (bicyclic) bond motifs is 1. The molecule has 0 fully saturated rings. The highest BCUT2D eigenvalue weighted by Gasteiger charge is 2.31. The number of hydrogen-bond acceptors (Lipinski definition) is 3. The van der Waals surface area contributed by atoms with E-state index in [2.05, 4.69) is 29.5 Å². The van der Waals surface area contributed by atoms with Gasteiger partial charge >= 0.3 is 0 Å². The zero-order chi connectivity index (χ0) is 18.7. The maximum Gasteiger partial charge on any atom is 0.258 e. The fourth-order valence-electron chi connectivity index (χ4n) is 3.17. The molecule has 0 bridgehead atoms. The molecule has 26 heavy (non-hydrogen) atoms. The number of hydrogen-bond donors (Lipinski definition) is 0. The molecule has 1 aliphatic heterocycles. The minimum atomic E-state index is 0.0518. The van der Waals surface area contributed by atoms with Gasteiger partial charge in [-0.1, -0.05) is 25.1 Å². The van der Waals surface area contributed by atoms with Gasteiger partial charge in [0.1, 0.15) is 0 Å². The summed E-state index contributed by atoms with van der Waals surface area (Å²) in [6, 6.07) is 11.9. The van der Waals surface area contributed by atoms with Crippen LogP contribution in [0.2, 0.25) is 0 Å². The van der Waals surface area contributed by atoms with Crippen molar-refractivity contribution >= 4 is 45.8 Å². The third kappa shape index (κ3) is 3.45. The standard InChI is InChI=1S/C21H22INO3/c1-4-10-23-18-9-7-6-8-15(18)16(21(23)24)11-14-12-17(22)20(26-5-2)19(13-14)25-3/h6-9,11-13H,4-5,10H2,1-3H3/b16-11-. The summed E-state index contributed by atoms with van der Waals surface area (Å²) in [6.07, 6.45) is 2.86. The average Bonchev–Trinajstić information content (AvgIpc) is 2.90. The van der Waals surface area contributed by atoms with E-state index in [-0.39, 0.29) is 5.91 Å². The van der Waals surface area contributed by atoms with Gasteiger partial charge in [-0.25, -0.2) is 0 Å². The molecule has 0 saturated heterocycles. The van der Waals surface area contributed by atoms with Crippen molar-refractivity contribution in [1.82, 2.24) is 0 Å². The number of anilines is 1. The van der Waals surface area contributed by atoms with Crippen LogP contribution in [0.3, 0.4) is 0 Å². The number of rotatable bonds is 6. The number of benzene rings is 2. The highest BCUT2D eigenvalue weighted by Crippen LogP contribution is 2.39. The van der Waals surface area contributed by atoms with Gasteiger partial charge in [-0.2, -0.15) is 0 Å². The van der Waals surface area contributed by atoms with Crippen molar-refractivity contribution in [2.24, 2.45) is 0 Å². The summed E-state index contributed by atoms with van der Waals surface area (Å²) in [6.45, 7) is 5.32. The van der Waals surface area contributed by atoms with Crippen molar-refractivity contribution in [2.75, 3.05) is 25.2 Å². The van der Waals surface area contributed by atoms with Gasteiger partial charge in [0, 0.05) is 17.7 Å². The van der Waals surface area contributed by atoms with Crippen LogP contribution in [0.5, 0.6) is 11.5 Å². The second-order valence-corrected chi connectivity index (χ2v) is 7.16. The highest BCUT2D eigenvalue weighted by atomic mass is 127. The topological polar surface area (TPSA) is 38.8 Å². The molecule has 4 nitrogen and oxygen atoms in total. The van der Waals surface area contributed by atoms with E-state index in [1.807, 2.05) is 54.3 Å². The largest absolute Gasteiger partial charge is 0.493 e. The molecule has 0 N–H and O–H groups in total. The minimum absolute atomic E-state index is 0.0518. The molecule has 2 aromatic carbocycles. The van der Waals surface area contributed by atoms with E-state index in [0.29, 0.717) is 12.4 Å². The summed E-state index contributed by atoms with van der Waals surface area (Å²) in [5, 5.41) is 0. The van der Waals surface area contributed by atoms with Crippen LogP contribution in [0.25, 0.3) is 11.6 Å². The summed E-state index contributed by atoms with van der Waals surface area (Å²) >= 11 is 2.24. The SMILES string of the molecule is CCCN1C(=O)/C(=C\c2cc(I)c(OCC)c(OC)c2)c2ccccc21. The van der Waals surface area contributed by atoms with Crippen LogP contribution in [-0.4, -0.2) is 26.2 Å². The number of carbonyl (C=O) groups excluding carboxylic acids is 1. The van der Waals surface area contributed by atoms with Crippen molar-refractivity contribution in [3.05, 3.63) is 51.1 Å². The van der Waals surface area contributed by atoms with Crippen molar-refractivity contribution in [3.63, 3.8) is 0 Å². The Morgan fingerprint density at radius 1 is 1.19 bits per heavy atom. The van der Waals surface area contributed by atoms with Gasteiger partial charge in [0.25, 0.3) is 5.91 Å². The van der Waals surface area contributed by atoms with Crippen molar-refractivity contribution in [3.8, 4) is 11.5 Å². The van der Waals surface area contributed by atoms with Crippen LogP contribution >= 0.6 is 22.6 Å². The van der Waals surface area contributed by atoms with Crippen LogP contribution in [0.1, 0.15) is 31.4 Å². The lowest BCUT2D eigenvalue weighted by Gasteiger charge is -2.15. The number of amides is 1. The summed E-state index contributed by atoms with van der Waals surface area (Å²) in [7, 11) is 1.63. The maximum atomic E-state index is 13.0. The molecule has 0 spiro atoms. The molecular weight excluding hydrogens is 441 g/mol. The Bertz CT molecular complexity index is 860. The van der Waals surface area contributed by atoms with Crippen molar-refractivity contribution in [1.29, 1.82) is 0 Å². The highest BCUT2D eigenvalue weighted by molar-refractivity contribution is 14.1. The summed E-state index contributed by atoms with van der Waals surface area (Å²) in [4.78, 5) is 14.8. The minimum Gasteiger partial charge on any atom is -0.493 e. The number of ether oxygens (including phenoxy) is 2. The van der Waals surface area contributed by atoms with Crippen molar-refractivity contribution in [2.45, 2.75) is 20.3 Å². The molecule has 0 aliphatic carbocycles. The second kappa shape index (κ2) is 8.12. The quantitative estimate of drug-likeness (QED) is 0.448. The fourth-order valence-corrected chi connectivity index (χ4v) is 3.95. The maximum absolute atomic E-state index is 13.0. The van der Waals surface area contributed by atoms with Gasteiger partial charge < -0.3 is 14.4 Å². The van der Waals surface area contributed by atoms with Gasteiger partial charge in [-0.05, 0) is 65.8 Å². The Labute approximate surface area is 167 Å². The molecule has 3 rings (SSSR count). The zero-order valence-corrected chi connectivity index (χ0v) is 17.4. The van der Waals surface area contributed by atoms with Gasteiger partial charge in [-0.3, -0.25) is 4.79 Å². The van der Waals surface area contributed by atoms with E-state index in [1.54, 1.807) is 7.11 Å². The average molecular weight is 463 g/mol. The van der Waals surface area contributed by atoms with Crippen LogP contribution in [-0.2, 0) is 4.79 Å². The van der Waals surface area contributed by atoms with Gasteiger partial charge in [0.2, 0.25) is 0 Å². The van der Waals surface area contributed by atoms with Gasteiger partial charge in [-0.15, -0.1) is 0 Å². The van der Waals surface area contributed by atoms with Gasteiger partial charge in [0.15, 0.2) is 11.5 Å². The van der Waals surface area contributed by atoms with Gasteiger partial charge in [0.05, 0.1) is 23.0 Å². The third-order valence-corrected chi connectivity index (χ3v) is 5.06. The van der Waals surface area contributed by atoms with E-state index in [1.165, 1.54) is 0 Å². The summed E-state index contributed by atoms with van der Waals surface area (Å²) in [5.74, 6) is 1.47. The Balaban J connectivity index is 2.07. The van der Waals surface area contributed by atoms with E-state index in [0.717, 1.165) is 44.7 Å². The first-order valence-electron chi connectivity index (χ1n) is 8.74. The number of nitrogens with zero attached hydrogens (tertiary/aromatic N) is 1. The molecule has 0 unspecified atom stereocenters. The lowest BCUT2D eigenvalue weighted by Crippen LogP contribution is -2.26. The first-order chi connectivity index (χ1) is 12.6. The lowest BCUT2D eigenvalue weighted by molar-refractivity contribution is -0.113. The van der Waals surface area contributed by atoms with Crippen molar-refractivity contribution < 1.29 is 14.3 Å². The van der Waals surface area contributed by atoms with Crippen LogP contribution in [0.4, 0.5) is 5.69 Å². The third-order valence-electron chi connectivity index (χ3n) is 4.26. The molecule has 1 amide bonds. The molecule has 0 atom stereocenters. The van der Waals surface area contributed by atoms with E-state index in [4.69, 9.17) is 9.47 Å². The van der Waals surface area contributed by atoms with Crippen LogP contribution in [0, 0.1) is 3.57 Å². The van der Waals surface area contributed by atoms with E-state index < -0.39 is 0 Å². The number of para-hydroxylation sites is 1. The van der Waals surface area contributed by atoms with Crippen LogP contribution in [0.15, 0.2) is 36.4 Å². The summed E-state index contributed by atoms with van der Waals surface area (Å²) < 4.78 is 12.1. The number of carbonyl (C=O) groups is 1. The predicted octanol–water partition coefficient (Wildman–Crippen LogP) is 5.00. The molecule has 0 saturated carbocycles. The normalized spacial score (nSPS) is 14.7. The first kappa shape index (κ1) is 18.8. The molecular formula is C21H22INO3. The first-order valence-corrected chi connectivity index (χ1v) is 9.81. The number of methoxy groups -OCH3 is 1. The molecule has 1 heterocycles. The molecule has 136 valence electrons. The van der Waals surface area contributed by atoms with Crippen LogP contribution < -0.4 is 14.4 Å². The molecule has 0 radical (unpaired) electrons. The molecule has 2 aromatic rings. The summed E-state index contributed by atoms with van der Waals surface area (Å²) in [5.41, 5.74) is 3.61. The van der Waals surface area contributed by atoms with E-state index >= 15 is 0 Å². The molecule has 5 heteroatoms. The lowest BCUT2D eigenvalue weighted by atomic mass is 10.0. The molecule has 0 aromatic heterocycles. The zero-order valence-electron chi connectivity index (χ0n) is 15.2. The van der Waals surface area contributed by atoms with E-state index in [9.17, 15) is 4.79 Å². The Kier molecular flexibility index (Phi) is 5.86. The Morgan fingerprint density at radius 2 is 1.96 bits per heavy atom. The predicted molar refractivity (Wildman–Crippen MR) is 114 cm³/mol.